The second kappa shape index (κ2) is 9.91. The molecule has 2 aromatic carbocycles. The van der Waals surface area contributed by atoms with Crippen molar-refractivity contribution in [1.29, 1.82) is 0 Å². The molecule has 3 rings (SSSR count). The fourth-order valence-electron chi connectivity index (χ4n) is 3.19. The lowest BCUT2D eigenvalue weighted by Gasteiger charge is -2.19. The van der Waals surface area contributed by atoms with Gasteiger partial charge in [-0.25, -0.2) is 0 Å². The van der Waals surface area contributed by atoms with Gasteiger partial charge in [0.05, 0.1) is 0 Å². The number of hydrogen-bond acceptors (Lipinski definition) is 3. The molecule has 2 N–H and O–H groups in total. The smallest absolute Gasteiger partial charge is 0.387 e. The maximum absolute atomic E-state index is 12.6. The molecule has 1 heterocycles. The van der Waals surface area contributed by atoms with E-state index in [-0.39, 0.29) is 5.75 Å². The molecule has 29 heavy (non-hydrogen) atoms. The summed E-state index contributed by atoms with van der Waals surface area (Å²) in [6, 6.07) is 13.5. The van der Waals surface area contributed by atoms with Crippen molar-refractivity contribution < 1.29 is 13.5 Å². The molecule has 0 aliphatic carbocycles. The Balaban J connectivity index is 1.58. The average molecular weight is 400 g/mol. The standard InChI is InChI=1S/C22H26F2N4O/c1-16-8-9-20(29-21(23)24)18(12-16)15-27-22(25-2)26-14-17-6-5-7-19(13-17)28-10-3-4-11-28/h3-9,12-13,21H,10-11,14-15H2,1-2H3,(H2,25,26,27). The highest BCUT2D eigenvalue weighted by Crippen LogP contribution is 2.22. The van der Waals surface area contributed by atoms with Crippen molar-refractivity contribution >= 4 is 11.6 Å². The van der Waals surface area contributed by atoms with Crippen molar-refractivity contribution in [3.63, 3.8) is 0 Å². The van der Waals surface area contributed by atoms with Gasteiger partial charge in [-0.05, 0) is 30.7 Å². The van der Waals surface area contributed by atoms with Crippen LogP contribution in [-0.2, 0) is 13.1 Å². The van der Waals surface area contributed by atoms with E-state index in [9.17, 15) is 8.78 Å². The van der Waals surface area contributed by atoms with E-state index in [0.717, 1.165) is 24.2 Å². The quantitative estimate of drug-likeness (QED) is 0.421. The normalized spacial score (nSPS) is 13.8. The SMILES string of the molecule is CN=C(NCc1cccc(N2CC=CC2)c1)NCc1cc(C)ccc1OC(F)F. The van der Waals surface area contributed by atoms with Gasteiger partial charge in [-0.1, -0.05) is 42.0 Å². The molecule has 0 saturated heterocycles. The highest BCUT2D eigenvalue weighted by molar-refractivity contribution is 5.79. The summed E-state index contributed by atoms with van der Waals surface area (Å²) in [6.07, 6.45) is 4.32. The lowest BCUT2D eigenvalue weighted by atomic mass is 10.1. The minimum Gasteiger partial charge on any atom is -0.434 e. The van der Waals surface area contributed by atoms with Crippen LogP contribution in [0.25, 0.3) is 0 Å². The number of nitrogens with zero attached hydrogens (tertiary/aromatic N) is 2. The van der Waals surface area contributed by atoms with Gasteiger partial charge in [0.15, 0.2) is 5.96 Å². The summed E-state index contributed by atoms with van der Waals surface area (Å²) in [5, 5.41) is 6.42. The van der Waals surface area contributed by atoms with E-state index in [2.05, 4.69) is 55.6 Å². The Labute approximate surface area is 170 Å². The largest absolute Gasteiger partial charge is 0.434 e. The highest BCUT2D eigenvalue weighted by Gasteiger charge is 2.11. The molecular weight excluding hydrogens is 374 g/mol. The lowest BCUT2D eigenvalue weighted by Crippen LogP contribution is -2.36. The molecule has 0 amide bonds. The van der Waals surface area contributed by atoms with Crippen LogP contribution in [0.5, 0.6) is 5.75 Å². The van der Waals surface area contributed by atoms with Crippen molar-refractivity contribution in [2.75, 3.05) is 25.0 Å². The van der Waals surface area contributed by atoms with Crippen molar-refractivity contribution in [3.05, 3.63) is 71.3 Å². The fourth-order valence-corrected chi connectivity index (χ4v) is 3.19. The van der Waals surface area contributed by atoms with Crippen molar-refractivity contribution in [2.24, 2.45) is 4.99 Å². The summed E-state index contributed by atoms with van der Waals surface area (Å²) >= 11 is 0. The molecule has 2 aromatic rings. The first kappa shape index (κ1) is 20.6. The van der Waals surface area contributed by atoms with Gasteiger partial charge in [-0.15, -0.1) is 0 Å². The average Bonchev–Trinajstić information content (AvgIpc) is 3.25. The number of alkyl halides is 2. The lowest BCUT2D eigenvalue weighted by molar-refractivity contribution is -0.0504. The van der Waals surface area contributed by atoms with Gasteiger partial charge in [-0.2, -0.15) is 8.78 Å². The monoisotopic (exact) mass is 400 g/mol. The van der Waals surface area contributed by atoms with Crippen LogP contribution in [-0.4, -0.2) is 32.7 Å². The molecule has 0 radical (unpaired) electrons. The van der Waals surface area contributed by atoms with E-state index >= 15 is 0 Å². The first-order chi connectivity index (χ1) is 14.0. The fraction of sp³-hybridized carbons (Fsp3) is 0.318. The predicted molar refractivity (Wildman–Crippen MR) is 113 cm³/mol. The van der Waals surface area contributed by atoms with Crippen molar-refractivity contribution in [3.8, 4) is 5.75 Å². The van der Waals surface area contributed by atoms with Crippen molar-refractivity contribution in [1.82, 2.24) is 10.6 Å². The second-order valence-electron chi connectivity index (χ2n) is 6.82. The van der Waals surface area contributed by atoms with E-state index in [1.807, 2.05) is 19.1 Å². The maximum atomic E-state index is 12.6. The summed E-state index contributed by atoms with van der Waals surface area (Å²) < 4.78 is 29.9. The molecule has 0 aromatic heterocycles. The van der Waals surface area contributed by atoms with Crippen molar-refractivity contribution in [2.45, 2.75) is 26.6 Å². The molecule has 0 bridgehead atoms. The number of hydrogen-bond donors (Lipinski definition) is 2. The van der Waals surface area contributed by atoms with Crippen LogP contribution >= 0.6 is 0 Å². The molecule has 1 aliphatic rings. The summed E-state index contributed by atoms with van der Waals surface area (Å²) in [6.45, 7) is 1.84. The van der Waals surface area contributed by atoms with Gasteiger partial charge < -0.3 is 20.3 Å². The zero-order valence-corrected chi connectivity index (χ0v) is 16.7. The molecule has 7 heteroatoms. The van der Waals surface area contributed by atoms with Gasteiger partial charge in [0.1, 0.15) is 5.75 Å². The van der Waals surface area contributed by atoms with E-state index < -0.39 is 6.61 Å². The Bertz CT molecular complexity index is 875. The van der Waals surface area contributed by atoms with Gasteiger partial charge in [-0.3, -0.25) is 4.99 Å². The summed E-state index contributed by atoms with van der Waals surface area (Å²) in [4.78, 5) is 6.51. The Morgan fingerprint density at radius 3 is 2.59 bits per heavy atom. The van der Waals surface area contributed by atoms with Gasteiger partial charge in [0.25, 0.3) is 0 Å². The molecule has 1 aliphatic heterocycles. The number of nitrogens with one attached hydrogen (secondary N) is 2. The Morgan fingerprint density at radius 2 is 1.86 bits per heavy atom. The summed E-state index contributed by atoms with van der Waals surface area (Å²) in [5.74, 6) is 0.753. The third-order valence-electron chi connectivity index (χ3n) is 4.66. The van der Waals surface area contributed by atoms with Crippen LogP contribution in [0.15, 0.2) is 59.6 Å². The molecule has 0 unspecified atom stereocenters. The van der Waals surface area contributed by atoms with Crippen LogP contribution < -0.4 is 20.3 Å². The predicted octanol–water partition coefficient (Wildman–Crippen LogP) is 3.84. The molecule has 0 fully saturated rings. The minimum absolute atomic E-state index is 0.167. The Morgan fingerprint density at radius 1 is 1.10 bits per heavy atom. The molecule has 0 atom stereocenters. The molecule has 0 saturated carbocycles. The van der Waals surface area contributed by atoms with Gasteiger partial charge in [0.2, 0.25) is 0 Å². The summed E-state index contributed by atoms with van der Waals surface area (Å²) in [5.41, 5.74) is 3.94. The topological polar surface area (TPSA) is 48.9 Å². The third kappa shape index (κ3) is 5.94. The van der Waals surface area contributed by atoms with E-state index in [0.29, 0.717) is 24.6 Å². The molecule has 0 spiro atoms. The number of anilines is 1. The van der Waals surface area contributed by atoms with Crippen LogP contribution in [0.4, 0.5) is 14.5 Å². The van der Waals surface area contributed by atoms with Crippen LogP contribution in [0.3, 0.4) is 0 Å². The number of halogens is 2. The molecule has 154 valence electrons. The minimum atomic E-state index is -2.85. The highest BCUT2D eigenvalue weighted by atomic mass is 19.3. The molecular formula is C22H26F2N4O. The van der Waals surface area contributed by atoms with E-state index in [4.69, 9.17) is 0 Å². The number of aryl methyl sites for hydroxylation is 1. The third-order valence-corrected chi connectivity index (χ3v) is 4.66. The first-order valence-electron chi connectivity index (χ1n) is 9.53. The number of benzene rings is 2. The number of ether oxygens (including phenoxy) is 1. The first-order valence-corrected chi connectivity index (χ1v) is 9.53. The zero-order chi connectivity index (χ0) is 20.6. The van der Waals surface area contributed by atoms with Gasteiger partial charge in [0, 0.05) is 44.5 Å². The number of rotatable bonds is 7. The van der Waals surface area contributed by atoms with Crippen LogP contribution in [0.2, 0.25) is 0 Å². The van der Waals surface area contributed by atoms with Gasteiger partial charge >= 0.3 is 6.61 Å². The zero-order valence-electron chi connectivity index (χ0n) is 16.7. The molecule has 5 nitrogen and oxygen atoms in total. The number of guanidine groups is 1. The Kier molecular flexibility index (Phi) is 7.05. The van der Waals surface area contributed by atoms with Crippen LogP contribution in [0.1, 0.15) is 16.7 Å². The second-order valence-corrected chi connectivity index (χ2v) is 6.82. The van der Waals surface area contributed by atoms with Crippen LogP contribution in [0, 0.1) is 6.92 Å². The van der Waals surface area contributed by atoms with E-state index in [1.54, 1.807) is 19.2 Å². The maximum Gasteiger partial charge on any atom is 0.387 e. The Hall–Kier alpha value is -3.09. The summed E-state index contributed by atoms with van der Waals surface area (Å²) in [7, 11) is 1.68. The van der Waals surface area contributed by atoms with E-state index in [1.165, 1.54) is 5.69 Å². The number of aliphatic imine (C=N–C) groups is 1.